The molecule has 1 radical (unpaired) electrons. The van der Waals surface area contributed by atoms with Crippen LogP contribution < -0.4 is 0 Å². The summed E-state index contributed by atoms with van der Waals surface area (Å²) in [6.07, 6.45) is 2.53. The summed E-state index contributed by atoms with van der Waals surface area (Å²) in [6, 6.07) is 11.1. The lowest BCUT2D eigenvalue weighted by molar-refractivity contribution is 0.111. The van der Waals surface area contributed by atoms with Gasteiger partial charge in [0.2, 0.25) is 0 Å². The number of aryl methyl sites for hydroxylation is 1. The molecule has 0 aromatic heterocycles. The van der Waals surface area contributed by atoms with E-state index in [1.165, 1.54) is 5.56 Å². The van der Waals surface area contributed by atoms with E-state index in [0.717, 1.165) is 12.8 Å². The molecular formula is C11H15O. The summed E-state index contributed by atoms with van der Waals surface area (Å²) in [5.74, 6) is 0. The Morgan fingerprint density at radius 3 is 2.67 bits per heavy atom. The predicted octanol–water partition coefficient (Wildman–Crippen LogP) is 2.45. The highest BCUT2D eigenvalue weighted by Gasteiger charge is 1.98. The second kappa shape index (κ2) is 4.94. The lowest BCUT2D eigenvalue weighted by Crippen LogP contribution is -2.05. The Kier molecular flexibility index (Phi) is 3.81. The third-order valence-corrected chi connectivity index (χ3v) is 2.03. The van der Waals surface area contributed by atoms with Crippen LogP contribution in [-0.2, 0) is 11.2 Å². The van der Waals surface area contributed by atoms with Crippen LogP contribution in [0.4, 0.5) is 0 Å². The van der Waals surface area contributed by atoms with Crippen molar-refractivity contribution in [2.75, 3.05) is 7.11 Å². The fourth-order valence-corrected chi connectivity index (χ4v) is 1.08. The monoisotopic (exact) mass is 163 g/mol. The van der Waals surface area contributed by atoms with E-state index < -0.39 is 0 Å². The summed E-state index contributed by atoms with van der Waals surface area (Å²) >= 11 is 0. The number of hydrogen-bond acceptors (Lipinski definition) is 1. The molecule has 65 valence electrons. The van der Waals surface area contributed by atoms with E-state index in [-0.39, 0.29) is 0 Å². The predicted molar refractivity (Wildman–Crippen MR) is 50.1 cm³/mol. The fraction of sp³-hybridized carbons (Fsp3) is 0.455. The minimum atomic E-state index is 0.356. The normalized spacial score (nSPS) is 12.8. The van der Waals surface area contributed by atoms with Crippen LogP contribution in [0.2, 0.25) is 0 Å². The van der Waals surface area contributed by atoms with Gasteiger partial charge in [0.25, 0.3) is 0 Å². The lowest BCUT2D eigenvalue weighted by Gasteiger charge is -2.08. The molecular weight excluding hydrogens is 148 g/mol. The number of hydrogen-bond donors (Lipinski definition) is 0. The Bertz CT molecular complexity index is 206. The van der Waals surface area contributed by atoms with E-state index in [2.05, 4.69) is 25.1 Å². The van der Waals surface area contributed by atoms with Gasteiger partial charge in [-0.15, -0.1) is 0 Å². The van der Waals surface area contributed by atoms with Crippen molar-refractivity contribution in [2.24, 2.45) is 0 Å². The largest absolute Gasteiger partial charge is 0.382 e. The standard InChI is InChI=1S/C11H15O/c1-10(12-2)8-9-11-6-4-3-5-7-11/h4-7,10H,8-9H2,1-2H3. The Hall–Kier alpha value is -0.820. The van der Waals surface area contributed by atoms with Crippen LogP contribution in [0, 0.1) is 6.07 Å². The summed E-state index contributed by atoms with van der Waals surface area (Å²) in [5.41, 5.74) is 1.36. The van der Waals surface area contributed by atoms with Crippen molar-refractivity contribution < 1.29 is 4.74 Å². The first-order valence-electron chi connectivity index (χ1n) is 4.30. The zero-order valence-electron chi connectivity index (χ0n) is 7.71. The van der Waals surface area contributed by atoms with Gasteiger partial charge in [0.15, 0.2) is 0 Å². The number of methoxy groups -OCH3 is 1. The Labute approximate surface area is 74.4 Å². The topological polar surface area (TPSA) is 9.23 Å². The van der Waals surface area contributed by atoms with Crippen molar-refractivity contribution in [3.63, 3.8) is 0 Å². The Balaban J connectivity index is 2.33. The van der Waals surface area contributed by atoms with Gasteiger partial charge in [0.05, 0.1) is 6.10 Å². The van der Waals surface area contributed by atoms with E-state index >= 15 is 0 Å². The van der Waals surface area contributed by atoms with Gasteiger partial charge in [-0.1, -0.05) is 24.3 Å². The molecule has 0 aliphatic carbocycles. The smallest absolute Gasteiger partial charge is 0.0546 e. The second-order valence-corrected chi connectivity index (χ2v) is 2.99. The molecule has 0 aliphatic heterocycles. The highest BCUT2D eigenvalue weighted by Crippen LogP contribution is 2.05. The van der Waals surface area contributed by atoms with Crippen LogP contribution >= 0.6 is 0 Å². The molecule has 12 heavy (non-hydrogen) atoms. The average molecular weight is 163 g/mol. The fourth-order valence-electron chi connectivity index (χ4n) is 1.08. The van der Waals surface area contributed by atoms with Gasteiger partial charge in [0, 0.05) is 7.11 Å². The highest BCUT2D eigenvalue weighted by molar-refractivity contribution is 5.13. The van der Waals surface area contributed by atoms with Gasteiger partial charge in [-0.05, 0) is 31.4 Å². The van der Waals surface area contributed by atoms with E-state index in [1.807, 2.05) is 12.1 Å². The van der Waals surface area contributed by atoms with Gasteiger partial charge in [-0.25, -0.2) is 0 Å². The van der Waals surface area contributed by atoms with Gasteiger partial charge in [-0.2, -0.15) is 0 Å². The molecule has 1 aromatic carbocycles. The minimum Gasteiger partial charge on any atom is -0.382 e. The lowest BCUT2D eigenvalue weighted by atomic mass is 10.1. The maximum absolute atomic E-state index is 5.16. The number of benzene rings is 1. The first kappa shape index (κ1) is 9.27. The van der Waals surface area contributed by atoms with Crippen molar-refractivity contribution >= 4 is 0 Å². The van der Waals surface area contributed by atoms with Crippen LogP contribution in [0.15, 0.2) is 24.3 Å². The van der Waals surface area contributed by atoms with Crippen LogP contribution in [0.5, 0.6) is 0 Å². The maximum atomic E-state index is 5.16. The van der Waals surface area contributed by atoms with Crippen molar-refractivity contribution in [2.45, 2.75) is 25.9 Å². The highest BCUT2D eigenvalue weighted by atomic mass is 16.5. The first-order valence-corrected chi connectivity index (χ1v) is 4.30. The summed E-state index contributed by atoms with van der Waals surface area (Å²) in [5, 5.41) is 0. The van der Waals surface area contributed by atoms with Crippen LogP contribution in [0.1, 0.15) is 18.9 Å². The van der Waals surface area contributed by atoms with E-state index in [4.69, 9.17) is 4.74 Å². The third-order valence-electron chi connectivity index (χ3n) is 2.03. The molecule has 0 spiro atoms. The molecule has 0 saturated heterocycles. The molecule has 0 aliphatic rings. The van der Waals surface area contributed by atoms with Gasteiger partial charge >= 0.3 is 0 Å². The average Bonchev–Trinajstić information content (AvgIpc) is 2.16. The van der Waals surface area contributed by atoms with E-state index in [9.17, 15) is 0 Å². The number of ether oxygens (including phenoxy) is 1. The van der Waals surface area contributed by atoms with Crippen molar-refractivity contribution in [3.8, 4) is 0 Å². The molecule has 1 rings (SSSR count). The van der Waals surface area contributed by atoms with Crippen LogP contribution in [0.25, 0.3) is 0 Å². The summed E-state index contributed by atoms with van der Waals surface area (Å²) in [4.78, 5) is 0. The molecule has 0 heterocycles. The van der Waals surface area contributed by atoms with E-state index in [0.29, 0.717) is 6.10 Å². The molecule has 0 saturated carbocycles. The molecule has 1 unspecified atom stereocenters. The molecule has 0 amide bonds. The van der Waals surface area contributed by atoms with Crippen LogP contribution in [-0.4, -0.2) is 13.2 Å². The maximum Gasteiger partial charge on any atom is 0.0546 e. The van der Waals surface area contributed by atoms with Crippen molar-refractivity contribution in [1.29, 1.82) is 0 Å². The van der Waals surface area contributed by atoms with Crippen LogP contribution in [0.3, 0.4) is 0 Å². The quantitative estimate of drug-likeness (QED) is 0.662. The van der Waals surface area contributed by atoms with Crippen molar-refractivity contribution in [3.05, 3.63) is 35.9 Å². The summed E-state index contributed by atoms with van der Waals surface area (Å²) in [7, 11) is 1.75. The molecule has 1 aromatic rings. The molecule has 1 heteroatoms. The van der Waals surface area contributed by atoms with Crippen molar-refractivity contribution in [1.82, 2.24) is 0 Å². The van der Waals surface area contributed by atoms with Gasteiger partial charge in [-0.3, -0.25) is 0 Å². The number of rotatable bonds is 4. The Morgan fingerprint density at radius 2 is 2.08 bits per heavy atom. The second-order valence-electron chi connectivity index (χ2n) is 2.99. The van der Waals surface area contributed by atoms with Gasteiger partial charge < -0.3 is 4.74 Å². The molecule has 1 atom stereocenters. The minimum absolute atomic E-state index is 0.356. The zero-order valence-corrected chi connectivity index (χ0v) is 7.71. The third kappa shape index (κ3) is 3.05. The SMILES string of the molecule is COC(C)CCc1cc[c]cc1. The molecule has 0 bridgehead atoms. The molecule has 0 fully saturated rings. The molecule has 1 nitrogen and oxygen atoms in total. The van der Waals surface area contributed by atoms with E-state index in [1.54, 1.807) is 7.11 Å². The summed E-state index contributed by atoms with van der Waals surface area (Å²) < 4.78 is 5.16. The zero-order chi connectivity index (χ0) is 8.81. The Morgan fingerprint density at radius 1 is 1.42 bits per heavy atom. The molecule has 0 N–H and O–H groups in total. The van der Waals surface area contributed by atoms with Gasteiger partial charge in [0.1, 0.15) is 0 Å². The summed E-state index contributed by atoms with van der Waals surface area (Å²) in [6.45, 7) is 2.09. The first-order chi connectivity index (χ1) is 5.83.